The summed E-state index contributed by atoms with van der Waals surface area (Å²) in [4.78, 5) is 16.8. The van der Waals surface area contributed by atoms with Crippen LogP contribution in [0.5, 0.6) is 5.75 Å². The molecule has 26 heavy (non-hydrogen) atoms. The number of hydrogen-bond acceptors (Lipinski definition) is 4. The summed E-state index contributed by atoms with van der Waals surface area (Å²) in [6, 6.07) is 13.4. The molecule has 4 nitrogen and oxygen atoms in total. The van der Waals surface area contributed by atoms with E-state index in [-0.39, 0.29) is 5.91 Å². The summed E-state index contributed by atoms with van der Waals surface area (Å²) in [6.07, 6.45) is 1.76. The van der Waals surface area contributed by atoms with Crippen molar-refractivity contribution in [1.29, 1.82) is 0 Å². The van der Waals surface area contributed by atoms with E-state index < -0.39 is 0 Å². The van der Waals surface area contributed by atoms with E-state index in [9.17, 15) is 4.79 Å². The molecule has 0 unspecified atom stereocenters. The van der Waals surface area contributed by atoms with Crippen LogP contribution in [0.1, 0.15) is 41.0 Å². The molecule has 0 saturated carbocycles. The Bertz CT molecular complexity index is 836. The van der Waals surface area contributed by atoms with Crippen molar-refractivity contribution in [2.24, 2.45) is 0 Å². The molecule has 0 radical (unpaired) electrons. The number of amides is 1. The highest BCUT2D eigenvalue weighted by Crippen LogP contribution is 2.24. The van der Waals surface area contributed by atoms with E-state index in [0.29, 0.717) is 12.2 Å². The quantitative estimate of drug-likeness (QED) is 0.633. The number of benzene rings is 2. The van der Waals surface area contributed by atoms with E-state index in [0.717, 1.165) is 41.1 Å². The lowest BCUT2D eigenvalue weighted by molar-refractivity contribution is 0.102. The van der Waals surface area contributed by atoms with Crippen LogP contribution in [0.2, 0.25) is 0 Å². The van der Waals surface area contributed by atoms with Crippen molar-refractivity contribution < 1.29 is 9.53 Å². The Labute approximate surface area is 157 Å². The largest absolute Gasteiger partial charge is 0.487 e. The van der Waals surface area contributed by atoms with Gasteiger partial charge in [0.05, 0.1) is 11.2 Å². The van der Waals surface area contributed by atoms with Crippen LogP contribution in [0.25, 0.3) is 0 Å². The standard InChI is InChI=1S/C21H22N2O2S/c1-3-15-6-5-7-16(4-2)20(15)23-21(24)17-8-10-19(11-9-17)25-12-18-13-26-14-22-18/h5-11,13-14H,3-4,12H2,1-2H3,(H,23,24). The fourth-order valence-electron chi connectivity index (χ4n) is 2.76. The van der Waals surface area contributed by atoms with Crippen molar-refractivity contribution in [3.8, 4) is 5.75 Å². The van der Waals surface area contributed by atoms with Gasteiger partial charge >= 0.3 is 0 Å². The van der Waals surface area contributed by atoms with E-state index in [2.05, 4.69) is 36.3 Å². The van der Waals surface area contributed by atoms with Gasteiger partial charge in [-0.15, -0.1) is 11.3 Å². The van der Waals surface area contributed by atoms with Gasteiger partial charge in [0, 0.05) is 16.6 Å². The Morgan fingerprint density at radius 2 is 1.77 bits per heavy atom. The molecule has 1 aromatic heterocycles. The third-order valence-electron chi connectivity index (χ3n) is 4.22. The Morgan fingerprint density at radius 1 is 1.08 bits per heavy atom. The fourth-order valence-corrected chi connectivity index (χ4v) is 3.30. The van der Waals surface area contributed by atoms with Gasteiger partial charge in [-0.2, -0.15) is 0 Å². The third kappa shape index (κ3) is 4.29. The number of anilines is 1. The Kier molecular flexibility index (Phi) is 6.02. The predicted octanol–water partition coefficient (Wildman–Crippen LogP) is 5.10. The highest BCUT2D eigenvalue weighted by molar-refractivity contribution is 7.07. The molecule has 5 heteroatoms. The number of ether oxygens (including phenoxy) is 1. The minimum Gasteiger partial charge on any atom is -0.487 e. The van der Waals surface area contributed by atoms with Gasteiger partial charge in [0.1, 0.15) is 12.4 Å². The first-order valence-electron chi connectivity index (χ1n) is 8.73. The second-order valence-electron chi connectivity index (χ2n) is 5.91. The average molecular weight is 366 g/mol. The van der Waals surface area contributed by atoms with Crippen molar-refractivity contribution in [2.45, 2.75) is 33.3 Å². The Hall–Kier alpha value is -2.66. The Balaban J connectivity index is 1.69. The number of carbonyl (C=O) groups is 1. The summed E-state index contributed by atoms with van der Waals surface area (Å²) < 4.78 is 5.69. The predicted molar refractivity (Wildman–Crippen MR) is 106 cm³/mol. The summed E-state index contributed by atoms with van der Waals surface area (Å²) in [5.74, 6) is 0.615. The highest BCUT2D eigenvalue weighted by Gasteiger charge is 2.12. The van der Waals surface area contributed by atoms with Gasteiger partial charge in [0.15, 0.2) is 0 Å². The number of thiazole rings is 1. The molecule has 0 aliphatic heterocycles. The second-order valence-corrected chi connectivity index (χ2v) is 6.62. The lowest BCUT2D eigenvalue weighted by Crippen LogP contribution is -2.14. The van der Waals surface area contributed by atoms with Crippen LogP contribution in [0.4, 0.5) is 5.69 Å². The molecule has 1 heterocycles. The summed E-state index contributed by atoms with van der Waals surface area (Å²) in [5, 5.41) is 5.04. The first-order valence-corrected chi connectivity index (χ1v) is 9.67. The zero-order chi connectivity index (χ0) is 18.4. The van der Waals surface area contributed by atoms with Crippen LogP contribution in [0.15, 0.2) is 53.4 Å². The van der Waals surface area contributed by atoms with E-state index in [1.54, 1.807) is 29.0 Å². The lowest BCUT2D eigenvalue weighted by Gasteiger charge is -2.14. The number of hydrogen-bond donors (Lipinski definition) is 1. The van der Waals surface area contributed by atoms with E-state index in [4.69, 9.17) is 4.74 Å². The minimum absolute atomic E-state index is 0.105. The molecule has 134 valence electrons. The molecule has 1 N–H and O–H groups in total. The zero-order valence-corrected chi connectivity index (χ0v) is 15.8. The maximum absolute atomic E-state index is 12.6. The number of aryl methyl sites for hydroxylation is 2. The molecule has 1 amide bonds. The van der Waals surface area contributed by atoms with Gasteiger partial charge < -0.3 is 10.1 Å². The Morgan fingerprint density at radius 3 is 2.35 bits per heavy atom. The molecule has 3 rings (SSSR count). The van der Waals surface area contributed by atoms with Crippen LogP contribution >= 0.6 is 11.3 Å². The van der Waals surface area contributed by atoms with Crippen molar-refractivity contribution in [1.82, 2.24) is 4.98 Å². The number of aromatic nitrogens is 1. The van der Waals surface area contributed by atoms with Crippen LogP contribution in [-0.4, -0.2) is 10.9 Å². The van der Waals surface area contributed by atoms with Crippen molar-refractivity contribution in [2.75, 3.05) is 5.32 Å². The van der Waals surface area contributed by atoms with E-state index in [1.807, 2.05) is 23.6 Å². The van der Waals surface area contributed by atoms with Gasteiger partial charge in [0.2, 0.25) is 0 Å². The van der Waals surface area contributed by atoms with E-state index in [1.165, 1.54) is 0 Å². The van der Waals surface area contributed by atoms with Crippen molar-refractivity contribution >= 4 is 22.9 Å². The second kappa shape index (κ2) is 8.63. The molecule has 0 saturated heterocycles. The molecule has 0 spiro atoms. The first kappa shape index (κ1) is 18.1. The first-order chi connectivity index (χ1) is 12.7. The summed E-state index contributed by atoms with van der Waals surface area (Å²) in [6.45, 7) is 4.62. The molecule has 3 aromatic rings. The van der Waals surface area contributed by atoms with Gasteiger partial charge in [0.25, 0.3) is 5.91 Å². The lowest BCUT2D eigenvalue weighted by atomic mass is 10.0. The molecule has 2 aromatic carbocycles. The van der Waals surface area contributed by atoms with Gasteiger partial charge in [-0.25, -0.2) is 4.98 Å². The summed E-state index contributed by atoms with van der Waals surface area (Å²) >= 11 is 1.54. The van der Waals surface area contributed by atoms with Crippen LogP contribution in [-0.2, 0) is 19.4 Å². The molecule has 0 bridgehead atoms. The SMILES string of the molecule is CCc1cccc(CC)c1NC(=O)c1ccc(OCc2cscn2)cc1. The van der Waals surface area contributed by atoms with Crippen molar-refractivity contribution in [3.63, 3.8) is 0 Å². The maximum Gasteiger partial charge on any atom is 0.255 e. The number of carbonyl (C=O) groups excluding carboxylic acids is 1. The zero-order valence-electron chi connectivity index (χ0n) is 15.0. The number of para-hydroxylation sites is 1. The third-order valence-corrected chi connectivity index (χ3v) is 4.86. The van der Waals surface area contributed by atoms with Gasteiger partial charge in [-0.3, -0.25) is 4.79 Å². The molecular formula is C21H22N2O2S. The maximum atomic E-state index is 12.6. The smallest absolute Gasteiger partial charge is 0.255 e. The van der Waals surface area contributed by atoms with Crippen LogP contribution in [0.3, 0.4) is 0 Å². The van der Waals surface area contributed by atoms with Crippen LogP contribution in [0, 0.1) is 0 Å². The van der Waals surface area contributed by atoms with Gasteiger partial charge in [-0.05, 0) is 48.2 Å². The number of nitrogens with zero attached hydrogens (tertiary/aromatic N) is 1. The normalized spacial score (nSPS) is 10.5. The topological polar surface area (TPSA) is 51.2 Å². The minimum atomic E-state index is -0.105. The monoisotopic (exact) mass is 366 g/mol. The van der Waals surface area contributed by atoms with Crippen LogP contribution < -0.4 is 10.1 Å². The molecular weight excluding hydrogens is 344 g/mol. The van der Waals surface area contributed by atoms with E-state index >= 15 is 0 Å². The number of nitrogens with one attached hydrogen (secondary N) is 1. The average Bonchev–Trinajstić information content (AvgIpc) is 3.20. The molecule has 0 aliphatic rings. The van der Waals surface area contributed by atoms with Crippen molar-refractivity contribution in [3.05, 3.63) is 75.7 Å². The fraction of sp³-hybridized carbons (Fsp3) is 0.238. The molecule has 0 aliphatic carbocycles. The number of rotatable bonds is 7. The summed E-state index contributed by atoms with van der Waals surface area (Å²) in [5.41, 5.74) is 6.54. The molecule has 0 fully saturated rings. The van der Waals surface area contributed by atoms with Gasteiger partial charge in [-0.1, -0.05) is 32.0 Å². The summed E-state index contributed by atoms with van der Waals surface area (Å²) in [7, 11) is 0. The molecule has 0 atom stereocenters. The highest BCUT2D eigenvalue weighted by atomic mass is 32.1.